The standard InChI is InChI=1S/C21H34N6S/c1-6-22-20(24-14-19-16-28-21(25-19)26(3)4)23-13-12-17(2)27(5)15-18-10-8-7-9-11-18/h7-11,16-17H,6,12-15H2,1-5H3,(H2,22,23,24). The molecule has 0 spiro atoms. The van der Waals surface area contributed by atoms with Crippen molar-refractivity contribution in [3.63, 3.8) is 0 Å². The van der Waals surface area contributed by atoms with Crippen molar-refractivity contribution in [2.75, 3.05) is 39.1 Å². The van der Waals surface area contributed by atoms with Crippen LogP contribution in [-0.2, 0) is 13.1 Å². The molecule has 0 amide bonds. The normalized spacial score (nSPS) is 12.9. The van der Waals surface area contributed by atoms with Gasteiger partial charge < -0.3 is 15.5 Å². The molecule has 2 rings (SSSR count). The molecule has 0 aliphatic rings. The quantitative estimate of drug-likeness (QED) is 0.472. The molecule has 6 nitrogen and oxygen atoms in total. The number of nitrogens with zero attached hydrogens (tertiary/aromatic N) is 4. The van der Waals surface area contributed by atoms with E-state index in [4.69, 9.17) is 0 Å². The summed E-state index contributed by atoms with van der Waals surface area (Å²) in [6, 6.07) is 11.1. The van der Waals surface area contributed by atoms with Gasteiger partial charge in [0.1, 0.15) is 0 Å². The average Bonchev–Trinajstić information content (AvgIpc) is 3.16. The molecule has 1 aromatic carbocycles. The maximum atomic E-state index is 4.67. The van der Waals surface area contributed by atoms with Crippen molar-refractivity contribution >= 4 is 22.4 Å². The Balaban J connectivity index is 1.79. The Labute approximate surface area is 173 Å². The maximum Gasteiger partial charge on any atom is 0.191 e. The highest BCUT2D eigenvalue weighted by Crippen LogP contribution is 2.18. The Morgan fingerprint density at radius 2 is 1.93 bits per heavy atom. The van der Waals surface area contributed by atoms with Crippen LogP contribution in [-0.4, -0.2) is 56.1 Å². The van der Waals surface area contributed by atoms with Crippen molar-refractivity contribution in [3.8, 4) is 0 Å². The van der Waals surface area contributed by atoms with Crippen LogP contribution in [0.25, 0.3) is 0 Å². The van der Waals surface area contributed by atoms with Crippen LogP contribution in [0.3, 0.4) is 0 Å². The molecule has 0 radical (unpaired) electrons. The summed E-state index contributed by atoms with van der Waals surface area (Å²) >= 11 is 1.65. The summed E-state index contributed by atoms with van der Waals surface area (Å²) in [4.78, 5) is 13.7. The number of hydrogen-bond acceptors (Lipinski definition) is 5. The number of anilines is 1. The Bertz CT molecular complexity index is 713. The van der Waals surface area contributed by atoms with E-state index in [1.165, 1.54) is 5.56 Å². The van der Waals surface area contributed by atoms with Gasteiger partial charge in [-0.1, -0.05) is 30.3 Å². The lowest BCUT2D eigenvalue weighted by atomic mass is 10.1. The van der Waals surface area contributed by atoms with E-state index in [0.717, 1.165) is 42.8 Å². The van der Waals surface area contributed by atoms with Crippen molar-refractivity contribution in [2.45, 2.75) is 39.4 Å². The number of aromatic nitrogens is 1. The third kappa shape index (κ3) is 7.48. The predicted octanol–water partition coefficient (Wildman–Crippen LogP) is 3.17. The van der Waals surface area contributed by atoms with Gasteiger partial charge in [-0.15, -0.1) is 11.3 Å². The molecule has 154 valence electrons. The molecule has 1 heterocycles. The first-order chi connectivity index (χ1) is 13.5. The second-order valence-corrected chi connectivity index (χ2v) is 8.01. The number of thiazole rings is 1. The van der Waals surface area contributed by atoms with Gasteiger partial charge in [-0.2, -0.15) is 0 Å². The second-order valence-electron chi connectivity index (χ2n) is 7.18. The van der Waals surface area contributed by atoms with E-state index < -0.39 is 0 Å². The molecule has 2 N–H and O–H groups in total. The van der Waals surface area contributed by atoms with Crippen molar-refractivity contribution in [1.82, 2.24) is 20.5 Å². The van der Waals surface area contributed by atoms with Gasteiger partial charge in [-0.25, -0.2) is 9.98 Å². The molecule has 0 saturated carbocycles. The minimum atomic E-state index is 0.483. The zero-order chi connectivity index (χ0) is 20.4. The number of guanidine groups is 1. The summed E-state index contributed by atoms with van der Waals surface area (Å²) in [5.41, 5.74) is 2.35. The monoisotopic (exact) mass is 402 g/mol. The Morgan fingerprint density at radius 1 is 1.18 bits per heavy atom. The molecule has 2 aromatic rings. The molecule has 0 saturated heterocycles. The first kappa shape index (κ1) is 22.2. The molecular formula is C21H34N6S. The minimum absolute atomic E-state index is 0.483. The lowest BCUT2D eigenvalue weighted by Crippen LogP contribution is -2.40. The Kier molecular flexibility index (Phi) is 9.23. The van der Waals surface area contributed by atoms with Gasteiger partial charge >= 0.3 is 0 Å². The summed E-state index contributed by atoms with van der Waals surface area (Å²) < 4.78 is 0. The Morgan fingerprint density at radius 3 is 2.57 bits per heavy atom. The number of nitrogens with one attached hydrogen (secondary N) is 2. The average molecular weight is 403 g/mol. The van der Waals surface area contributed by atoms with Gasteiger partial charge in [0.05, 0.1) is 12.2 Å². The first-order valence-electron chi connectivity index (χ1n) is 9.87. The molecule has 0 aliphatic carbocycles. The van der Waals surface area contributed by atoms with E-state index in [1.54, 1.807) is 11.3 Å². The zero-order valence-corrected chi connectivity index (χ0v) is 18.6. The van der Waals surface area contributed by atoms with Gasteiger partial charge in [0.2, 0.25) is 0 Å². The third-order valence-corrected chi connectivity index (χ3v) is 5.60. The maximum absolute atomic E-state index is 4.67. The smallest absolute Gasteiger partial charge is 0.191 e. The van der Waals surface area contributed by atoms with E-state index >= 15 is 0 Å². The van der Waals surface area contributed by atoms with Crippen molar-refractivity contribution in [3.05, 3.63) is 47.0 Å². The molecule has 0 bridgehead atoms. The summed E-state index contributed by atoms with van der Waals surface area (Å²) in [5.74, 6) is 0.847. The molecule has 1 unspecified atom stereocenters. The van der Waals surface area contributed by atoms with Gasteiger partial charge in [-0.05, 0) is 32.9 Å². The number of aliphatic imine (C=N–C) groups is 1. The van der Waals surface area contributed by atoms with Gasteiger partial charge in [0.25, 0.3) is 0 Å². The molecule has 7 heteroatoms. The van der Waals surface area contributed by atoms with Crippen LogP contribution in [0.1, 0.15) is 31.5 Å². The van der Waals surface area contributed by atoms with Crippen LogP contribution in [0.15, 0.2) is 40.7 Å². The van der Waals surface area contributed by atoms with Crippen molar-refractivity contribution in [1.29, 1.82) is 0 Å². The molecule has 1 aromatic heterocycles. The Hall–Kier alpha value is -2.12. The van der Waals surface area contributed by atoms with Crippen LogP contribution in [0.2, 0.25) is 0 Å². The molecular weight excluding hydrogens is 368 g/mol. The minimum Gasteiger partial charge on any atom is -0.357 e. The summed E-state index contributed by atoms with van der Waals surface area (Å²) in [7, 11) is 6.20. The lowest BCUT2D eigenvalue weighted by molar-refractivity contribution is 0.238. The second kappa shape index (κ2) is 11.7. The largest absolute Gasteiger partial charge is 0.357 e. The highest BCUT2D eigenvalue weighted by Gasteiger charge is 2.10. The van der Waals surface area contributed by atoms with E-state index in [1.807, 2.05) is 19.0 Å². The SMILES string of the molecule is CCNC(=NCc1csc(N(C)C)n1)NCCC(C)N(C)Cc1ccccc1. The molecule has 28 heavy (non-hydrogen) atoms. The van der Waals surface area contributed by atoms with Crippen LogP contribution in [0, 0.1) is 0 Å². The number of rotatable bonds is 10. The fourth-order valence-corrected chi connectivity index (χ4v) is 3.47. The highest BCUT2D eigenvalue weighted by atomic mass is 32.1. The van der Waals surface area contributed by atoms with E-state index in [9.17, 15) is 0 Å². The van der Waals surface area contributed by atoms with Crippen molar-refractivity contribution < 1.29 is 0 Å². The highest BCUT2D eigenvalue weighted by molar-refractivity contribution is 7.13. The first-order valence-corrected chi connectivity index (χ1v) is 10.8. The fraction of sp³-hybridized carbons (Fsp3) is 0.524. The lowest BCUT2D eigenvalue weighted by Gasteiger charge is -2.25. The van der Waals surface area contributed by atoms with Crippen molar-refractivity contribution in [2.24, 2.45) is 4.99 Å². The molecule has 1 atom stereocenters. The predicted molar refractivity (Wildman–Crippen MR) is 121 cm³/mol. The summed E-state index contributed by atoms with van der Waals surface area (Å²) in [6.45, 7) is 7.63. The van der Waals surface area contributed by atoms with E-state index in [2.05, 4.69) is 82.1 Å². The van der Waals surface area contributed by atoms with Gasteiger partial charge in [0.15, 0.2) is 11.1 Å². The molecule has 0 aliphatic heterocycles. The van der Waals surface area contributed by atoms with Crippen LogP contribution >= 0.6 is 11.3 Å². The van der Waals surface area contributed by atoms with Crippen LogP contribution in [0.5, 0.6) is 0 Å². The van der Waals surface area contributed by atoms with Gasteiger partial charge in [0, 0.05) is 45.2 Å². The topological polar surface area (TPSA) is 55.8 Å². The number of benzene rings is 1. The summed E-state index contributed by atoms with van der Waals surface area (Å²) in [5, 5.41) is 9.85. The molecule has 0 fully saturated rings. The zero-order valence-electron chi connectivity index (χ0n) is 17.8. The van der Waals surface area contributed by atoms with Crippen LogP contribution in [0.4, 0.5) is 5.13 Å². The summed E-state index contributed by atoms with van der Waals surface area (Å²) in [6.07, 6.45) is 1.05. The third-order valence-electron chi connectivity index (χ3n) is 4.55. The van der Waals surface area contributed by atoms with E-state index in [-0.39, 0.29) is 0 Å². The number of hydrogen-bond donors (Lipinski definition) is 2. The van der Waals surface area contributed by atoms with Crippen LogP contribution < -0.4 is 15.5 Å². The fourth-order valence-electron chi connectivity index (χ4n) is 2.72. The van der Waals surface area contributed by atoms with Gasteiger partial charge in [-0.3, -0.25) is 4.90 Å². The van der Waals surface area contributed by atoms with E-state index in [0.29, 0.717) is 12.6 Å².